The predicted octanol–water partition coefficient (Wildman–Crippen LogP) is 1.94. The number of anilines is 1. The van der Waals surface area contributed by atoms with Crippen LogP contribution in [0.1, 0.15) is 15.9 Å². The van der Waals surface area contributed by atoms with Crippen molar-refractivity contribution in [3.8, 4) is 5.75 Å². The van der Waals surface area contributed by atoms with Gasteiger partial charge in [-0.15, -0.1) is 0 Å². The molecule has 5 nitrogen and oxygen atoms in total. The number of hydrogen-bond donors (Lipinski definition) is 1. The molecule has 0 aliphatic carbocycles. The lowest BCUT2D eigenvalue weighted by atomic mass is 10.1. The van der Waals surface area contributed by atoms with Crippen LogP contribution in [0.3, 0.4) is 0 Å². The Balaban J connectivity index is 2.13. The average molecular weight is 271 g/mol. The molecule has 2 aromatic rings. The average Bonchev–Trinajstić information content (AvgIpc) is 2.47. The first kappa shape index (κ1) is 13.9. The topological polar surface area (TPSA) is 68.5 Å². The monoisotopic (exact) mass is 271 g/mol. The van der Waals surface area contributed by atoms with E-state index in [1.807, 2.05) is 24.3 Å². The summed E-state index contributed by atoms with van der Waals surface area (Å²) in [5.74, 6) is 0.638. The van der Waals surface area contributed by atoms with Crippen LogP contribution < -0.4 is 10.5 Å². The zero-order chi connectivity index (χ0) is 14.5. The fraction of sp³-hybridized carbons (Fsp3) is 0.200. The van der Waals surface area contributed by atoms with Crippen molar-refractivity contribution in [1.82, 2.24) is 9.88 Å². The molecule has 0 fully saturated rings. The van der Waals surface area contributed by atoms with Gasteiger partial charge in [-0.3, -0.25) is 9.78 Å². The summed E-state index contributed by atoms with van der Waals surface area (Å²) in [6.45, 7) is 0.484. The standard InChI is InChI=1S/C15H17N3O2/c1-18(10-11-4-3-5-12(8-11)20-2)15(19)13-6-7-17-9-14(13)16/h3-9H,10,16H2,1-2H3. The van der Waals surface area contributed by atoms with Gasteiger partial charge in [0.2, 0.25) is 0 Å². The molecule has 1 amide bonds. The molecule has 0 radical (unpaired) electrons. The van der Waals surface area contributed by atoms with Gasteiger partial charge in [0.05, 0.1) is 24.6 Å². The highest BCUT2D eigenvalue weighted by atomic mass is 16.5. The Morgan fingerprint density at radius 3 is 2.90 bits per heavy atom. The van der Waals surface area contributed by atoms with Crippen molar-refractivity contribution in [3.05, 3.63) is 53.9 Å². The first-order valence-corrected chi connectivity index (χ1v) is 6.19. The number of nitrogens with zero attached hydrogens (tertiary/aromatic N) is 2. The van der Waals surface area contributed by atoms with Crippen molar-refractivity contribution in [2.75, 3.05) is 19.9 Å². The number of nitrogen functional groups attached to an aromatic ring is 1. The summed E-state index contributed by atoms with van der Waals surface area (Å²) < 4.78 is 5.17. The highest BCUT2D eigenvalue weighted by Crippen LogP contribution is 2.16. The molecule has 0 unspecified atom stereocenters. The summed E-state index contributed by atoms with van der Waals surface area (Å²) in [6, 6.07) is 9.24. The minimum atomic E-state index is -0.132. The SMILES string of the molecule is COc1cccc(CN(C)C(=O)c2ccncc2N)c1. The van der Waals surface area contributed by atoms with E-state index in [1.165, 1.54) is 6.20 Å². The number of carbonyl (C=O) groups excluding carboxylic acids is 1. The molecule has 2 N–H and O–H groups in total. The Hall–Kier alpha value is -2.56. The van der Waals surface area contributed by atoms with Crippen LogP contribution in [0, 0.1) is 0 Å². The molecule has 0 saturated heterocycles. The van der Waals surface area contributed by atoms with Crippen molar-refractivity contribution in [1.29, 1.82) is 0 Å². The highest BCUT2D eigenvalue weighted by molar-refractivity contribution is 5.98. The van der Waals surface area contributed by atoms with Crippen molar-refractivity contribution < 1.29 is 9.53 Å². The van der Waals surface area contributed by atoms with E-state index >= 15 is 0 Å². The molecular formula is C15H17N3O2. The van der Waals surface area contributed by atoms with Gasteiger partial charge in [0.25, 0.3) is 5.91 Å². The molecule has 1 aromatic carbocycles. The number of methoxy groups -OCH3 is 1. The van der Waals surface area contributed by atoms with Gasteiger partial charge in [0, 0.05) is 19.8 Å². The fourth-order valence-electron chi connectivity index (χ4n) is 1.92. The number of pyridine rings is 1. The number of aromatic nitrogens is 1. The van der Waals surface area contributed by atoms with Gasteiger partial charge < -0.3 is 15.4 Å². The van der Waals surface area contributed by atoms with E-state index in [1.54, 1.807) is 31.3 Å². The Morgan fingerprint density at radius 2 is 2.20 bits per heavy atom. The third-order valence-electron chi connectivity index (χ3n) is 2.98. The fourth-order valence-corrected chi connectivity index (χ4v) is 1.92. The summed E-state index contributed by atoms with van der Waals surface area (Å²) in [7, 11) is 3.35. The molecule has 2 rings (SSSR count). The van der Waals surface area contributed by atoms with Crippen LogP contribution in [0.5, 0.6) is 5.75 Å². The van der Waals surface area contributed by atoms with Gasteiger partial charge in [-0.2, -0.15) is 0 Å². The van der Waals surface area contributed by atoms with Gasteiger partial charge in [-0.25, -0.2) is 0 Å². The number of benzene rings is 1. The zero-order valence-electron chi connectivity index (χ0n) is 11.5. The van der Waals surface area contributed by atoms with Crippen LogP contribution in [0.2, 0.25) is 0 Å². The first-order chi connectivity index (χ1) is 9.61. The lowest BCUT2D eigenvalue weighted by Crippen LogP contribution is -2.27. The molecule has 0 aliphatic rings. The van der Waals surface area contributed by atoms with E-state index in [0.29, 0.717) is 17.8 Å². The molecule has 104 valence electrons. The van der Waals surface area contributed by atoms with Gasteiger partial charge in [-0.1, -0.05) is 12.1 Å². The largest absolute Gasteiger partial charge is 0.497 e. The number of carbonyl (C=O) groups is 1. The summed E-state index contributed by atoms with van der Waals surface area (Å²) in [4.78, 5) is 17.8. The predicted molar refractivity (Wildman–Crippen MR) is 77.4 cm³/mol. The second-order valence-corrected chi connectivity index (χ2v) is 4.48. The minimum Gasteiger partial charge on any atom is -0.497 e. The second-order valence-electron chi connectivity index (χ2n) is 4.48. The molecule has 0 saturated carbocycles. The maximum absolute atomic E-state index is 12.3. The lowest BCUT2D eigenvalue weighted by molar-refractivity contribution is 0.0786. The number of nitrogens with two attached hydrogens (primary N) is 1. The van der Waals surface area contributed by atoms with Crippen LogP contribution in [-0.2, 0) is 6.54 Å². The van der Waals surface area contributed by atoms with Crippen molar-refractivity contribution in [2.45, 2.75) is 6.54 Å². The molecule has 1 aromatic heterocycles. The number of amides is 1. The first-order valence-electron chi connectivity index (χ1n) is 6.19. The van der Waals surface area contributed by atoms with E-state index in [-0.39, 0.29) is 5.91 Å². The van der Waals surface area contributed by atoms with Gasteiger partial charge in [0.1, 0.15) is 5.75 Å². The third-order valence-corrected chi connectivity index (χ3v) is 2.98. The molecule has 0 bridgehead atoms. The molecule has 0 aliphatic heterocycles. The van der Waals surface area contributed by atoms with E-state index in [4.69, 9.17) is 10.5 Å². The van der Waals surface area contributed by atoms with Gasteiger partial charge >= 0.3 is 0 Å². The van der Waals surface area contributed by atoms with Crippen molar-refractivity contribution in [2.24, 2.45) is 0 Å². The summed E-state index contributed by atoms with van der Waals surface area (Å²) in [6.07, 6.45) is 3.04. The van der Waals surface area contributed by atoms with Crippen LogP contribution in [0.4, 0.5) is 5.69 Å². The molecule has 0 atom stereocenters. The summed E-state index contributed by atoms with van der Waals surface area (Å²) in [5.41, 5.74) is 7.61. The smallest absolute Gasteiger partial charge is 0.256 e. The Kier molecular flexibility index (Phi) is 4.20. The van der Waals surface area contributed by atoms with Crippen LogP contribution in [-0.4, -0.2) is 29.9 Å². The van der Waals surface area contributed by atoms with Gasteiger partial charge in [0.15, 0.2) is 0 Å². The van der Waals surface area contributed by atoms with E-state index in [2.05, 4.69) is 4.98 Å². The second kappa shape index (κ2) is 6.06. The van der Waals surface area contributed by atoms with E-state index in [0.717, 1.165) is 11.3 Å². The van der Waals surface area contributed by atoms with Crippen molar-refractivity contribution >= 4 is 11.6 Å². The minimum absolute atomic E-state index is 0.132. The van der Waals surface area contributed by atoms with Crippen LogP contribution >= 0.6 is 0 Å². The highest BCUT2D eigenvalue weighted by Gasteiger charge is 2.14. The molecular weight excluding hydrogens is 254 g/mol. The van der Waals surface area contributed by atoms with Crippen molar-refractivity contribution in [3.63, 3.8) is 0 Å². The Labute approximate surface area is 118 Å². The molecule has 0 spiro atoms. The molecule has 20 heavy (non-hydrogen) atoms. The van der Waals surface area contributed by atoms with E-state index in [9.17, 15) is 4.79 Å². The van der Waals surface area contributed by atoms with Gasteiger partial charge in [-0.05, 0) is 23.8 Å². The number of hydrogen-bond acceptors (Lipinski definition) is 4. The molecule has 1 heterocycles. The molecule has 5 heteroatoms. The summed E-state index contributed by atoms with van der Waals surface area (Å²) >= 11 is 0. The lowest BCUT2D eigenvalue weighted by Gasteiger charge is -2.18. The van der Waals surface area contributed by atoms with Crippen LogP contribution in [0.25, 0.3) is 0 Å². The quantitative estimate of drug-likeness (QED) is 0.922. The normalized spacial score (nSPS) is 10.1. The van der Waals surface area contributed by atoms with Crippen LogP contribution in [0.15, 0.2) is 42.7 Å². The maximum atomic E-state index is 12.3. The van der Waals surface area contributed by atoms with E-state index < -0.39 is 0 Å². The number of rotatable bonds is 4. The Bertz CT molecular complexity index is 614. The maximum Gasteiger partial charge on any atom is 0.256 e. The zero-order valence-corrected chi connectivity index (χ0v) is 11.5. The number of ether oxygens (including phenoxy) is 1. The third kappa shape index (κ3) is 3.06. The summed E-state index contributed by atoms with van der Waals surface area (Å²) in [5, 5.41) is 0. The Morgan fingerprint density at radius 1 is 1.40 bits per heavy atom.